The van der Waals surface area contributed by atoms with Crippen LogP contribution >= 0.6 is 0 Å². The number of sulfone groups is 1. The molecule has 2 aromatic rings. The topological polar surface area (TPSA) is 63.2 Å². The molecule has 0 bridgehead atoms. The highest BCUT2D eigenvalue weighted by Crippen LogP contribution is 2.41. The van der Waals surface area contributed by atoms with Crippen LogP contribution in [0, 0.1) is 5.92 Å². The van der Waals surface area contributed by atoms with Gasteiger partial charge in [-0.15, -0.1) is 0 Å². The van der Waals surface area contributed by atoms with Gasteiger partial charge in [0.1, 0.15) is 0 Å². The SMILES string of the molecule is CS(=O)(=O)c1ccc(C(=O)N[C@H](c2ccccc2)C2CC2)cc1. The van der Waals surface area contributed by atoms with Crippen molar-refractivity contribution in [3.63, 3.8) is 0 Å². The Morgan fingerprint density at radius 1 is 1.04 bits per heavy atom. The van der Waals surface area contributed by atoms with Crippen LogP contribution < -0.4 is 5.32 Å². The molecule has 0 saturated heterocycles. The Morgan fingerprint density at radius 3 is 2.17 bits per heavy atom. The van der Waals surface area contributed by atoms with Gasteiger partial charge in [-0.2, -0.15) is 0 Å². The van der Waals surface area contributed by atoms with Crippen molar-refractivity contribution in [1.29, 1.82) is 0 Å². The van der Waals surface area contributed by atoms with Crippen molar-refractivity contribution in [2.24, 2.45) is 5.92 Å². The molecule has 1 aliphatic carbocycles. The molecule has 120 valence electrons. The summed E-state index contributed by atoms with van der Waals surface area (Å²) in [6.45, 7) is 0. The molecule has 1 saturated carbocycles. The molecule has 0 heterocycles. The molecule has 3 rings (SSSR count). The van der Waals surface area contributed by atoms with Gasteiger partial charge in [0.2, 0.25) is 0 Å². The number of hydrogen-bond donors (Lipinski definition) is 1. The minimum absolute atomic E-state index is 0.0123. The monoisotopic (exact) mass is 329 g/mol. The lowest BCUT2D eigenvalue weighted by Gasteiger charge is -2.19. The van der Waals surface area contributed by atoms with Gasteiger partial charge in [0.05, 0.1) is 10.9 Å². The highest BCUT2D eigenvalue weighted by atomic mass is 32.2. The highest BCUT2D eigenvalue weighted by Gasteiger charge is 2.33. The maximum absolute atomic E-state index is 12.5. The normalized spacial score (nSPS) is 15.9. The zero-order valence-corrected chi connectivity index (χ0v) is 13.7. The predicted molar refractivity (Wildman–Crippen MR) is 88.9 cm³/mol. The van der Waals surface area contributed by atoms with Crippen molar-refractivity contribution in [3.05, 3.63) is 65.7 Å². The van der Waals surface area contributed by atoms with E-state index in [1.165, 1.54) is 12.1 Å². The Bertz CT molecular complexity index is 794. The molecule has 5 heteroatoms. The van der Waals surface area contributed by atoms with E-state index in [9.17, 15) is 13.2 Å². The second kappa shape index (κ2) is 6.16. The number of carbonyl (C=O) groups excluding carboxylic acids is 1. The zero-order valence-electron chi connectivity index (χ0n) is 12.9. The van der Waals surface area contributed by atoms with Crippen LogP contribution in [0.15, 0.2) is 59.5 Å². The minimum atomic E-state index is -3.25. The maximum Gasteiger partial charge on any atom is 0.251 e. The third-order valence-electron chi connectivity index (χ3n) is 4.08. The Kier molecular flexibility index (Phi) is 4.22. The number of hydrogen-bond acceptors (Lipinski definition) is 3. The van der Waals surface area contributed by atoms with E-state index in [-0.39, 0.29) is 16.8 Å². The first kappa shape index (κ1) is 15.7. The Hall–Kier alpha value is -2.14. The Labute approximate surface area is 136 Å². The molecule has 23 heavy (non-hydrogen) atoms. The van der Waals surface area contributed by atoms with Crippen molar-refractivity contribution in [3.8, 4) is 0 Å². The lowest BCUT2D eigenvalue weighted by molar-refractivity contribution is 0.0931. The molecule has 1 atom stereocenters. The third-order valence-corrected chi connectivity index (χ3v) is 5.21. The van der Waals surface area contributed by atoms with Crippen molar-refractivity contribution in [2.45, 2.75) is 23.8 Å². The van der Waals surface area contributed by atoms with Crippen molar-refractivity contribution in [2.75, 3.05) is 6.26 Å². The summed E-state index contributed by atoms with van der Waals surface area (Å²) in [5, 5.41) is 3.08. The van der Waals surface area contributed by atoms with Gasteiger partial charge in [-0.3, -0.25) is 4.79 Å². The first-order valence-corrected chi connectivity index (χ1v) is 9.50. The van der Waals surface area contributed by atoms with E-state index in [0.29, 0.717) is 11.5 Å². The summed E-state index contributed by atoms with van der Waals surface area (Å²) in [5.74, 6) is 0.308. The number of nitrogens with one attached hydrogen (secondary N) is 1. The first-order chi connectivity index (χ1) is 10.9. The van der Waals surface area contributed by atoms with Gasteiger partial charge in [0.15, 0.2) is 9.84 Å². The van der Waals surface area contributed by atoms with E-state index in [0.717, 1.165) is 24.7 Å². The summed E-state index contributed by atoms with van der Waals surface area (Å²) in [6.07, 6.45) is 3.39. The van der Waals surface area contributed by atoms with Crippen molar-refractivity contribution in [1.82, 2.24) is 5.32 Å². The van der Waals surface area contributed by atoms with Gasteiger partial charge >= 0.3 is 0 Å². The van der Waals surface area contributed by atoms with E-state index >= 15 is 0 Å². The fourth-order valence-corrected chi connectivity index (χ4v) is 3.27. The van der Waals surface area contributed by atoms with Crippen LogP contribution in [0.2, 0.25) is 0 Å². The van der Waals surface area contributed by atoms with Crippen molar-refractivity contribution < 1.29 is 13.2 Å². The fraction of sp³-hybridized carbons (Fsp3) is 0.278. The number of amides is 1. The van der Waals surface area contributed by atoms with E-state index in [1.54, 1.807) is 12.1 Å². The van der Waals surface area contributed by atoms with E-state index in [4.69, 9.17) is 0 Å². The van der Waals surface area contributed by atoms with Crippen LogP contribution in [0.4, 0.5) is 0 Å². The summed E-state index contributed by atoms with van der Waals surface area (Å²) < 4.78 is 22.9. The molecule has 0 aliphatic heterocycles. The molecule has 0 aromatic heterocycles. The smallest absolute Gasteiger partial charge is 0.251 e. The summed E-state index contributed by atoms with van der Waals surface area (Å²) in [7, 11) is -3.25. The molecule has 0 spiro atoms. The summed E-state index contributed by atoms with van der Waals surface area (Å²) in [6, 6.07) is 16.0. The Balaban J connectivity index is 1.77. The average Bonchev–Trinajstić information content (AvgIpc) is 3.37. The van der Waals surface area contributed by atoms with Gasteiger partial charge in [0.25, 0.3) is 5.91 Å². The zero-order chi connectivity index (χ0) is 16.4. The van der Waals surface area contributed by atoms with Gasteiger partial charge in [-0.05, 0) is 48.6 Å². The molecule has 1 fully saturated rings. The van der Waals surface area contributed by atoms with E-state index in [1.807, 2.05) is 30.3 Å². The lowest BCUT2D eigenvalue weighted by atomic mass is 10.0. The highest BCUT2D eigenvalue weighted by molar-refractivity contribution is 7.90. The van der Waals surface area contributed by atoms with Crippen molar-refractivity contribution >= 4 is 15.7 Å². The molecule has 0 unspecified atom stereocenters. The molecule has 1 N–H and O–H groups in total. The van der Waals surface area contributed by atoms with Crippen LogP contribution in [-0.2, 0) is 9.84 Å². The molecular weight excluding hydrogens is 310 g/mol. The predicted octanol–water partition coefficient (Wildman–Crippen LogP) is 2.97. The number of carbonyl (C=O) groups is 1. The van der Waals surface area contributed by atoms with Crippen LogP contribution in [-0.4, -0.2) is 20.6 Å². The van der Waals surface area contributed by atoms with Gasteiger partial charge in [-0.25, -0.2) is 8.42 Å². The third kappa shape index (κ3) is 3.79. The summed E-state index contributed by atoms with van der Waals surface area (Å²) >= 11 is 0. The minimum Gasteiger partial charge on any atom is -0.345 e. The number of rotatable bonds is 5. The molecule has 2 aromatic carbocycles. The quantitative estimate of drug-likeness (QED) is 0.917. The van der Waals surface area contributed by atoms with Gasteiger partial charge in [0, 0.05) is 11.8 Å². The van der Waals surface area contributed by atoms with Crippen LogP contribution in [0.3, 0.4) is 0 Å². The Morgan fingerprint density at radius 2 is 1.65 bits per heavy atom. The molecular formula is C18H19NO3S. The summed E-state index contributed by atoms with van der Waals surface area (Å²) in [4.78, 5) is 12.7. The van der Waals surface area contributed by atoms with E-state index < -0.39 is 9.84 Å². The molecule has 4 nitrogen and oxygen atoms in total. The molecule has 0 radical (unpaired) electrons. The standard InChI is InChI=1S/C18H19NO3S/c1-23(21,22)16-11-9-15(10-12-16)18(20)19-17(14-7-8-14)13-5-3-2-4-6-13/h2-6,9-12,14,17H,7-8H2,1H3,(H,19,20)/t17-/m1/s1. The van der Waals surface area contributed by atoms with Crippen LogP contribution in [0.5, 0.6) is 0 Å². The van der Waals surface area contributed by atoms with Crippen LogP contribution in [0.1, 0.15) is 34.8 Å². The average molecular weight is 329 g/mol. The second-order valence-corrected chi connectivity index (χ2v) is 8.01. The fourth-order valence-electron chi connectivity index (χ4n) is 2.64. The van der Waals surface area contributed by atoms with E-state index in [2.05, 4.69) is 5.32 Å². The summed E-state index contributed by atoms with van der Waals surface area (Å²) in [5.41, 5.74) is 1.58. The maximum atomic E-state index is 12.5. The lowest BCUT2D eigenvalue weighted by Crippen LogP contribution is -2.29. The first-order valence-electron chi connectivity index (χ1n) is 7.61. The molecule has 1 amide bonds. The molecule has 1 aliphatic rings. The van der Waals surface area contributed by atoms with Crippen LogP contribution in [0.25, 0.3) is 0 Å². The number of benzene rings is 2. The second-order valence-electron chi connectivity index (χ2n) is 6.00. The largest absolute Gasteiger partial charge is 0.345 e. The van der Waals surface area contributed by atoms with Gasteiger partial charge in [-0.1, -0.05) is 30.3 Å². The van der Waals surface area contributed by atoms with Gasteiger partial charge < -0.3 is 5.32 Å².